The molecule has 1 aliphatic rings. The van der Waals surface area contributed by atoms with Gasteiger partial charge in [-0.2, -0.15) is 0 Å². The maximum atomic E-state index is 8.54. The van der Waals surface area contributed by atoms with Crippen LogP contribution in [-0.4, -0.2) is 72.5 Å². The van der Waals surface area contributed by atoms with E-state index in [4.69, 9.17) is 9.84 Å². The average molecular weight is 155 g/mol. The molecule has 0 atom stereocenters. The van der Waals surface area contributed by atoms with Crippen LogP contribution in [0.2, 0.25) is 0 Å². The smallest absolute Gasteiger partial charge is 0.0594 e. The summed E-state index contributed by atoms with van der Waals surface area (Å²) in [5.41, 5.74) is 0. The Hall–Kier alpha value is 0.646. The molecule has 3 nitrogen and oxygen atoms in total. The van der Waals surface area contributed by atoms with Crippen LogP contribution in [-0.2, 0) is 4.74 Å². The first-order chi connectivity index (χ1) is 4.43. The largest absolute Gasteiger partial charge is 0.395 e. The Bertz CT molecular complexity index is 73.4. The Morgan fingerprint density at radius 3 is 2.40 bits per heavy atom. The Morgan fingerprint density at radius 2 is 1.90 bits per heavy atom. The molecule has 1 heterocycles. The van der Waals surface area contributed by atoms with Gasteiger partial charge in [0.2, 0.25) is 0 Å². The highest BCUT2D eigenvalue weighted by atomic mass is 24.3. The number of β-amino-alcohol motifs (C(OH)–C–C–N with tert-alkyl or cyclic N) is 1. The standard InChI is InChI=1S/C6H13NO2.Mg/c8-4-1-7-2-5-9-6-3-7;/h8H,1-6H2;. The van der Waals surface area contributed by atoms with Gasteiger partial charge in [-0.05, 0) is 0 Å². The molecule has 1 fully saturated rings. The molecule has 1 aliphatic heterocycles. The maximum absolute atomic E-state index is 8.54. The van der Waals surface area contributed by atoms with Crippen LogP contribution in [0.25, 0.3) is 0 Å². The zero-order chi connectivity index (χ0) is 6.53. The Balaban J connectivity index is 0.000000810. The van der Waals surface area contributed by atoms with E-state index in [1.165, 1.54) is 0 Å². The molecule has 0 aliphatic carbocycles. The normalized spacial score (nSPS) is 20.1. The summed E-state index contributed by atoms with van der Waals surface area (Å²) in [4.78, 5) is 2.20. The van der Waals surface area contributed by atoms with Gasteiger partial charge in [0, 0.05) is 42.7 Å². The van der Waals surface area contributed by atoms with Crippen molar-refractivity contribution in [2.75, 3.05) is 39.5 Å². The van der Waals surface area contributed by atoms with E-state index in [1.54, 1.807) is 0 Å². The molecular formula is C6H13MgNO2. The van der Waals surface area contributed by atoms with Crippen LogP contribution in [0.4, 0.5) is 0 Å². The number of ether oxygens (including phenoxy) is 1. The number of nitrogens with zero attached hydrogens (tertiary/aromatic N) is 1. The third kappa shape index (κ3) is 3.73. The molecule has 4 heteroatoms. The number of hydrogen-bond donors (Lipinski definition) is 1. The van der Waals surface area contributed by atoms with Crippen LogP contribution in [0.5, 0.6) is 0 Å². The molecule has 56 valence electrons. The van der Waals surface area contributed by atoms with Gasteiger partial charge in [-0.25, -0.2) is 0 Å². The summed E-state index contributed by atoms with van der Waals surface area (Å²) in [5, 5.41) is 8.54. The topological polar surface area (TPSA) is 32.7 Å². The van der Waals surface area contributed by atoms with Gasteiger partial charge in [-0.1, -0.05) is 0 Å². The van der Waals surface area contributed by atoms with E-state index in [9.17, 15) is 0 Å². The molecule has 0 aromatic heterocycles. The van der Waals surface area contributed by atoms with Crippen molar-refractivity contribution in [3.8, 4) is 0 Å². The summed E-state index contributed by atoms with van der Waals surface area (Å²) in [7, 11) is 0. The zero-order valence-corrected chi connectivity index (χ0v) is 7.67. The third-order valence-electron chi connectivity index (χ3n) is 1.52. The summed E-state index contributed by atoms with van der Waals surface area (Å²) >= 11 is 0. The molecule has 1 rings (SSSR count). The van der Waals surface area contributed by atoms with Gasteiger partial charge in [-0.3, -0.25) is 4.90 Å². The lowest BCUT2D eigenvalue weighted by Crippen LogP contribution is -2.37. The van der Waals surface area contributed by atoms with Crippen molar-refractivity contribution in [1.29, 1.82) is 0 Å². The van der Waals surface area contributed by atoms with Crippen LogP contribution >= 0.6 is 0 Å². The van der Waals surface area contributed by atoms with Crippen LogP contribution in [0.15, 0.2) is 0 Å². The molecule has 10 heavy (non-hydrogen) atoms. The van der Waals surface area contributed by atoms with Crippen molar-refractivity contribution in [1.82, 2.24) is 4.90 Å². The molecule has 0 saturated carbocycles. The second-order valence-corrected chi connectivity index (χ2v) is 2.18. The van der Waals surface area contributed by atoms with E-state index in [0.29, 0.717) is 0 Å². The first-order valence-corrected chi connectivity index (χ1v) is 3.34. The second kappa shape index (κ2) is 6.36. The zero-order valence-electron chi connectivity index (χ0n) is 6.25. The molecule has 0 aromatic carbocycles. The van der Waals surface area contributed by atoms with Crippen molar-refractivity contribution in [3.63, 3.8) is 0 Å². The monoisotopic (exact) mass is 155 g/mol. The van der Waals surface area contributed by atoms with Gasteiger partial charge < -0.3 is 9.84 Å². The minimum absolute atomic E-state index is 0. The van der Waals surface area contributed by atoms with Gasteiger partial charge in [0.15, 0.2) is 0 Å². The summed E-state index contributed by atoms with van der Waals surface area (Å²) in [6.07, 6.45) is 0. The van der Waals surface area contributed by atoms with E-state index in [1.807, 2.05) is 0 Å². The molecule has 2 radical (unpaired) electrons. The first kappa shape index (κ1) is 10.6. The maximum Gasteiger partial charge on any atom is 0.0594 e. The molecule has 0 amide bonds. The number of hydrogen-bond acceptors (Lipinski definition) is 3. The van der Waals surface area contributed by atoms with E-state index < -0.39 is 0 Å². The minimum atomic E-state index is 0. The first-order valence-electron chi connectivity index (χ1n) is 3.34. The van der Waals surface area contributed by atoms with Crippen LogP contribution < -0.4 is 0 Å². The van der Waals surface area contributed by atoms with E-state index in [0.717, 1.165) is 32.8 Å². The molecular weight excluding hydrogens is 142 g/mol. The van der Waals surface area contributed by atoms with Crippen molar-refractivity contribution < 1.29 is 9.84 Å². The lowest BCUT2D eigenvalue weighted by atomic mass is 10.4. The number of rotatable bonds is 2. The predicted molar refractivity (Wildman–Crippen MR) is 40.1 cm³/mol. The number of aliphatic hydroxyl groups is 1. The summed E-state index contributed by atoms with van der Waals surface area (Å²) in [5.74, 6) is 0. The van der Waals surface area contributed by atoms with E-state index >= 15 is 0 Å². The van der Waals surface area contributed by atoms with Crippen molar-refractivity contribution in [2.45, 2.75) is 0 Å². The molecule has 0 bridgehead atoms. The Labute approximate surface area is 77.5 Å². The molecule has 0 unspecified atom stereocenters. The predicted octanol–water partition coefficient (Wildman–Crippen LogP) is -1.07. The van der Waals surface area contributed by atoms with E-state index in [-0.39, 0.29) is 29.7 Å². The number of morpholine rings is 1. The SMILES string of the molecule is OCCN1CCOCC1.[Mg]. The van der Waals surface area contributed by atoms with Gasteiger partial charge in [-0.15, -0.1) is 0 Å². The highest BCUT2D eigenvalue weighted by molar-refractivity contribution is 5.75. The molecule has 0 aromatic rings. The van der Waals surface area contributed by atoms with Crippen molar-refractivity contribution in [3.05, 3.63) is 0 Å². The van der Waals surface area contributed by atoms with Gasteiger partial charge >= 0.3 is 0 Å². The van der Waals surface area contributed by atoms with Crippen LogP contribution in [0.3, 0.4) is 0 Å². The summed E-state index contributed by atoms with van der Waals surface area (Å²) in [6.45, 7) is 4.64. The van der Waals surface area contributed by atoms with Crippen LogP contribution in [0.1, 0.15) is 0 Å². The lowest BCUT2D eigenvalue weighted by Gasteiger charge is -2.25. The highest BCUT2D eigenvalue weighted by Gasteiger charge is 2.07. The Kier molecular flexibility index (Phi) is 6.77. The van der Waals surface area contributed by atoms with Crippen molar-refractivity contribution >= 4 is 23.1 Å². The molecule has 1 saturated heterocycles. The summed E-state index contributed by atoms with van der Waals surface area (Å²) in [6, 6.07) is 0. The fourth-order valence-corrected chi connectivity index (χ4v) is 0.966. The van der Waals surface area contributed by atoms with E-state index in [2.05, 4.69) is 4.90 Å². The quantitative estimate of drug-likeness (QED) is 0.516. The minimum Gasteiger partial charge on any atom is -0.395 e. The van der Waals surface area contributed by atoms with Gasteiger partial charge in [0.05, 0.1) is 19.8 Å². The van der Waals surface area contributed by atoms with Crippen molar-refractivity contribution in [2.24, 2.45) is 0 Å². The average Bonchev–Trinajstić information content (AvgIpc) is 1.91. The molecule has 1 N–H and O–H groups in total. The third-order valence-corrected chi connectivity index (χ3v) is 1.52. The fourth-order valence-electron chi connectivity index (χ4n) is 0.966. The van der Waals surface area contributed by atoms with Gasteiger partial charge in [0.25, 0.3) is 0 Å². The van der Waals surface area contributed by atoms with Crippen LogP contribution in [0, 0.1) is 0 Å². The fraction of sp³-hybridized carbons (Fsp3) is 1.00. The lowest BCUT2D eigenvalue weighted by molar-refractivity contribution is 0.0306. The molecule has 0 spiro atoms. The highest BCUT2D eigenvalue weighted by Crippen LogP contribution is 1.93. The second-order valence-electron chi connectivity index (χ2n) is 2.18. The number of aliphatic hydroxyl groups excluding tert-OH is 1. The summed E-state index contributed by atoms with van der Waals surface area (Å²) < 4.78 is 5.12. The Morgan fingerprint density at radius 1 is 1.30 bits per heavy atom. The van der Waals surface area contributed by atoms with Gasteiger partial charge in [0.1, 0.15) is 0 Å².